The van der Waals surface area contributed by atoms with Gasteiger partial charge in [0.2, 0.25) is 5.82 Å². The minimum Gasteiger partial charge on any atom is -0.333 e. The van der Waals surface area contributed by atoms with Crippen molar-refractivity contribution in [2.75, 3.05) is 0 Å². The molecule has 0 saturated carbocycles. The number of pyridine rings is 1. The summed E-state index contributed by atoms with van der Waals surface area (Å²) in [5, 5.41) is 6.81. The van der Waals surface area contributed by atoms with Crippen LogP contribution in [0.15, 0.2) is 51.1 Å². The van der Waals surface area contributed by atoms with Gasteiger partial charge in [0.15, 0.2) is 0 Å². The predicted octanol–water partition coefficient (Wildman–Crippen LogP) is 3.62. The van der Waals surface area contributed by atoms with E-state index >= 15 is 0 Å². The van der Waals surface area contributed by atoms with Crippen LogP contribution in [-0.2, 0) is 0 Å². The van der Waals surface area contributed by atoms with Gasteiger partial charge < -0.3 is 9.51 Å². The van der Waals surface area contributed by atoms with Gasteiger partial charge in [-0.1, -0.05) is 22.9 Å². The predicted molar refractivity (Wildman–Crippen MR) is 85.9 cm³/mol. The maximum absolute atomic E-state index is 12.2. The van der Waals surface area contributed by atoms with E-state index < -0.39 is 0 Å². The Kier molecular flexibility index (Phi) is 2.90. The molecule has 0 spiro atoms. The van der Waals surface area contributed by atoms with Crippen LogP contribution in [0.3, 0.4) is 0 Å². The summed E-state index contributed by atoms with van der Waals surface area (Å²) in [5.41, 5.74) is 2.10. The van der Waals surface area contributed by atoms with Gasteiger partial charge in [-0.3, -0.25) is 4.79 Å². The van der Waals surface area contributed by atoms with E-state index in [1.807, 2.05) is 42.6 Å². The van der Waals surface area contributed by atoms with Crippen molar-refractivity contribution >= 4 is 22.2 Å². The number of rotatable bonds is 2. The van der Waals surface area contributed by atoms with Gasteiger partial charge in [0.05, 0.1) is 10.4 Å². The van der Waals surface area contributed by atoms with E-state index in [2.05, 4.69) is 15.1 Å². The Morgan fingerprint density at radius 1 is 1.23 bits per heavy atom. The van der Waals surface area contributed by atoms with Crippen LogP contribution >= 0.6 is 11.3 Å². The summed E-state index contributed by atoms with van der Waals surface area (Å²) < 4.78 is 5.25. The average molecular weight is 309 g/mol. The van der Waals surface area contributed by atoms with Crippen LogP contribution in [0.1, 0.15) is 5.56 Å². The molecule has 5 nitrogen and oxygen atoms in total. The van der Waals surface area contributed by atoms with Crippen LogP contribution in [0.5, 0.6) is 0 Å². The molecule has 0 radical (unpaired) electrons. The summed E-state index contributed by atoms with van der Waals surface area (Å²) >= 11 is 1.51. The zero-order valence-corrected chi connectivity index (χ0v) is 12.5. The first-order chi connectivity index (χ1) is 10.7. The van der Waals surface area contributed by atoms with Crippen molar-refractivity contribution in [1.82, 2.24) is 15.1 Å². The van der Waals surface area contributed by atoms with Gasteiger partial charge >= 0.3 is 0 Å². The Hall–Kier alpha value is -2.73. The van der Waals surface area contributed by atoms with Crippen molar-refractivity contribution in [1.29, 1.82) is 0 Å². The second-order valence-electron chi connectivity index (χ2n) is 5.00. The van der Waals surface area contributed by atoms with Crippen LogP contribution in [-0.4, -0.2) is 15.1 Å². The number of aromatic nitrogens is 3. The van der Waals surface area contributed by atoms with Gasteiger partial charge in [-0.25, -0.2) is 0 Å². The molecular formula is C16H11N3O2S. The minimum absolute atomic E-state index is 0.227. The van der Waals surface area contributed by atoms with Gasteiger partial charge in [0.1, 0.15) is 0 Å². The number of hydrogen-bond acceptors (Lipinski definition) is 5. The molecule has 0 aliphatic heterocycles. The molecule has 0 fully saturated rings. The molecule has 108 valence electrons. The molecular weight excluding hydrogens is 298 g/mol. The van der Waals surface area contributed by atoms with Gasteiger partial charge in [0, 0.05) is 5.52 Å². The molecule has 0 aliphatic rings. The molecule has 3 aromatic heterocycles. The molecule has 4 rings (SSSR count). The largest absolute Gasteiger partial charge is 0.333 e. The van der Waals surface area contributed by atoms with E-state index in [1.165, 1.54) is 11.3 Å². The lowest BCUT2D eigenvalue weighted by molar-refractivity contribution is 0.433. The maximum Gasteiger partial charge on any atom is 0.268 e. The van der Waals surface area contributed by atoms with Gasteiger partial charge in [0.25, 0.3) is 11.4 Å². The fourth-order valence-corrected chi connectivity index (χ4v) is 2.97. The standard InChI is InChI=1S/C16H11N3O2S/c1-9-4-5-12-10(7-9)8-11(15(20)17-12)14-18-16(21-19-14)13-3-2-6-22-13/h2-8H,1H3,(H,17,20). The Balaban J connectivity index is 1.87. The number of nitrogens with zero attached hydrogens (tertiary/aromatic N) is 2. The molecule has 1 N–H and O–H groups in total. The maximum atomic E-state index is 12.2. The highest BCUT2D eigenvalue weighted by Crippen LogP contribution is 2.25. The number of fused-ring (bicyclic) bond motifs is 1. The van der Waals surface area contributed by atoms with E-state index in [0.29, 0.717) is 17.3 Å². The highest BCUT2D eigenvalue weighted by Gasteiger charge is 2.14. The Bertz CT molecular complexity index is 1020. The van der Waals surface area contributed by atoms with Crippen LogP contribution in [0.2, 0.25) is 0 Å². The molecule has 0 bridgehead atoms. The number of benzene rings is 1. The second kappa shape index (κ2) is 4.92. The second-order valence-corrected chi connectivity index (χ2v) is 5.95. The van der Waals surface area contributed by atoms with Crippen molar-refractivity contribution in [3.63, 3.8) is 0 Å². The summed E-state index contributed by atoms with van der Waals surface area (Å²) in [6.07, 6.45) is 0. The fraction of sp³-hybridized carbons (Fsp3) is 0.0625. The molecule has 0 amide bonds. The normalized spacial score (nSPS) is 11.1. The van der Waals surface area contributed by atoms with Crippen LogP contribution in [0.25, 0.3) is 33.1 Å². The van der Waals surface area contributed by atoms with Gasteiger partial charge in [-0.05, 0) is 42.0 Å². The number of H-pyrrole nitrogens is 1. The van der Waals surface area contributed by atoms with Gasteiger partial charge in [-0.15, -0.1) is 11.3 Å². The van der Waals surface area contributed by atoms with Crippen LogP contribution in [0, 0.1) is 6.92 Å². The minimum atomic E-state index is -0.227. The SMILES string of the molecule is Cc1ccc2[nH]c(=O)c(-c3noc(-c4cccs4)n3)cc2c1. The van der Waals surface area contributed by atoms with Gasteiger partial charge in [-0.2, -0.15) is 4.98 Å². The fourth-order valence-electron chi connectivity index (χ4n) is 2.33. The summed E-state index contributed by atoms with van der Waals surface area (Å²) in [4.78, 5) is 20.3. The summed E-state index contributed by atoms with van der Waals surface area (Å²) in [7, 11) is 0. The van der Waals surface area contributed by atoms with Crippen molar-refractivity contribution in [3.8, 4) is 22.2 Å². The summed E-state index contributed by atoms with van der Waals surface area (Å²) in [5.74, 6) is 0.724. The van der Waals surface area contributed by atoms with E-state index in [9.17, 15) is 4.79 Å². The molecule has 1 aromatic carbocycles. The van der Waals surface area contributed by atoms with Crippen LogP contribution in [0.4, 0.5) is 0 Å². The third kappa shape index (κ3) is 2.14. The number of aromatic amines is 1. The topological polar surface area (TPSA) is 71.8 Å². The average Bonchev–Trinajstić information content (AvgIpc) is 3.17. The smallest absolute Gasteiger partial charge is 0.268 e. The van der Waals surface area contributed by atoms with Crippen LogP contribution < -0.4 is 5.56 Å². The summed E-state index contributed by atoms with van der Waals surface area (Å²) in [6.45, 7) is 2.01. The number of aryl methyl sites for hydroxylation is 1. The first-order valence-corrected chi connectivity index (χ1v) is 7.60. The van der Waals surface area contributed by atoms with E-state index in [-0.39, 0.29) is 5.56 Å². The quantitative estimate of drug-likeness (QED) is 0.614. The number of nitrogens with one attached hydrogen (secondary N) is 1. The van der Waals surface area contributed by atoms with Crippen molar-refractivity contribution in [3.05, 3.63) is 57.7 Å². The highest BCUT2D eigenvalue weighted by atomic mass is 32.1. The molecule has 22 heavy (non-hydrogen) atoms. The number of thiophene rings is 1. The molecule has 6 heteroatoms. The lowest BCUT2D eigenvalue weighted by atomic mass is 10.1. The third-order valence-corrected chi connectivity index (χ3v) is 4.26. The molecule has 0 atom stereocenters. The molecule has 0 aliphatic carbocycles. The van der Waals surface area contributed by atoms with Crippen molar-refractivity contribution < 1.29 is 4.52 Å². The zero-order chi connectivity index (χ0) is 15.1. The van der Waals surface area contributed by atoms with E-state index in [4.69, 9.17) is 4.52 Å². The van der Waals surface area contributed by atoms with E-state index in [0.717, 1.165) is 21.3 Å². The zero-order valence-electron chi connectivity index (χ0n) is 11.7. The van der Waals surface area contributed by atoms with E-state index in [1.54, 1.807) is 6.07 Å². The Labute approximate surface area is 129 Å². The monoisotopic (exact) mass is 309 g/mol. The first kappa shape index (κ1) is 13.0. The number of hydrogen-bond donors (Lipinski definition) is 1. The van der Waals surface area contributed by atoms with Crippen molar-refractivity contribution in [2.45, 2.75) is 6.92 Å². The highest BCUT2D eigenvalue weighted by molar-refractivity contribution is 7.13. The molecule has 3 heterocycles. The van der Waals surface area contributed by atoms with Crippen molar-refractivity contribution in [2.24, 2.45) is 0 Å². The first-order valence-electron chi connectivity index (χ1n) is 6.72. The molecule has 0 unspecified atom stereocenters. The molecule has 4 aromatic rings. The Morgan fingerprint density at radius 2 is 2.14 bits per heavy atom. The third-order valence-electron chi connectivity index (χ3n) is 3.40. The Morgan fingerprint density at radius 3 is 2.95 bits per heavy atom. The lowest BCUT2D eigenvalue weighted by Gasteiger charge is -2.01. The summed E-state index contributed by atoms with van der Waals surface area (Å²) in [6, 6.07) is 11.5. The molecule has 0 saturated heterocycles. The lowest BCUT2D eigenvalue weighted by Crippen LogP contribution is -2.09.